The molecule has 1 aliphatic carbocycles. The lowest BCUT2D eigenvalue weighted by molar-refractivity contribution is 0.0998. The Bertz CT molecular complexity index is 756. The molecule has 4 rings (SSSR count). The fraction of sp³-hybridized carbons (Fsp3) is 0.125. The van der Waals surface area contributed by atoms with Gasteiger partial charge in [0.2, 0.25) is 0 Å². The molecular formula is C16H12N2O2. The lowest BCUT2D eigenvalue weighted by Crippen LogP contribution is -2.31. The number of fused-ring (bicyclic) bond motifs is 1. The molecule has 0 saturated heterocycles. The zero-order chi connectivity index (χ0) is 13.7. The number of allylic oxidation sites excluding steroid dienone is 4. The molecule has 2 N–H and O–H groups in total. The number of para-hydroxylation sites is 1. The van der Waals surface area contributed by atoms with Crippen molar-refractivity contribution >= 4 is 12.1 Å². The summed E-state index contributed by atoms with van der Waals surface area (Å²) >= 11 is 0. The lowest BCUT2D eigenvalue weighted by Gasteiger charge is -2.32. The lowest BCUT2D eigenvalue weighted by atomic mass is 9.69. The second kappa shape index (κ2) is 3.70. The second-order valence-electron chi connectivity index (χ2n) is 5.06. The van der Waals surface area contributed by atoms with Gasteiger partial charge in [0.05, 0.1) is 11.0 Å². The number of primary amides is 1. The van der Waals surface area contributed by atoms with Crippen molar-refractivity contribution in [2.24, 2.45) is 10.7 Å². The maximum absolute atomic E-state index is 11.6. The van der Waals surface area contributed by atoms with Crippen LogP contribution in [0.4, 0.5) is 0 Å². The molecule has 20 heavy (non-hydrogen) atoms. The molecule has 0 aromatic heterocycles. The molecule has 4 heteroatoms. The van der Waals surface area contributed by atoms with Crippen LogP contribution in [-0.4, -0.2) is 12.1 Å². The summed E-state index contributed by atoms with van der Waals surface area (Å²) in [4.78, 5) is 15.8. The van der Waals surface area contributed by atoms with E-state index in [0.29, 0.717) is 11.3 Å². The number of nitrogens with two attached hydrogens (primary N) is 1. The molecule has 2 heterocycles. The van der Waals surface area contributed by atoms with Crippen molar-refractivity contribution in [1.82, 2.24) is 0 Å². The van der Waals surface area contributed by atoms with Crippen molar-refractivity contribution in [1.29, 1.82) is 0 Å². The van der Waals surface area contributed by atoms with Crippen LogP contribution in [0.1, 0.15) is 22.3 Å². The monoisotopic (exact) mass is 264 g/mol. The molecule has 0 saturated carbocycles. The molecule has 1 aromatic rings. The standard InChI is InChI=1S/C16H12N2O2/c17-15(19)11-4-2-5-12-14(11)20-13-6-1-3-10-9-18-8-7-16(10,12)13/h1-6,8-9H,7H2,(H2,17,19). The van der Waals surface area contributed by atoms with E-state index in [0.717, 1.165) is 23.3 Å². The predicted octanol–water partition coefficient (Wildman–Crippen LogP) is 2.23. The fourth-order valence-electron chi connectivity index (χ4n) is 3.17. The Hall–Kier alpha value is -2.62. The van der Waals surface area contributed by atoms with Crippen LogP contribution in [0.3, 0.4) is 0 Å². The Morgan fingerprint density at radius 3 is 3.15 bits per heavy atom. The van der Waals surface area contributed by atoms with Crippen molar-refractivity contribution in [2.45, 2.75) is 11.8 Å². The summed E-state index contributed by atoms with van der Waals surface area (Å²) in [6.07, 6.45) is 10.4. The molecule has 1 aromatic carbocycles. The van der Waals surface area contributed by atoms with Gasteiger partial charge < -0.3 is 10.5 Å². The average molecular weight is 264 g/mol. The maximum atomic E-state index is 11.6. The fourth-order valence-corrected chi connectivity index (χ4v) is 3.17. The number of aliphatic imine (C=N–C) groups is 1. The first-order chi connectivity index (χ1) is 9.73. The third-order valence-electron chi connectivity index (χ3n) is 4.11. The molecule has 1 spiro atoms. The van der Waals surface area contributed by atoms with Crippen LogP contribution in [0, 0.1) is 0 Å². The summed E-state index contributed by atoms with van der Waals surface area (Å²) in [5, 5.41) is 0. The van der Waals surface area contributed by atoms with Gasteiger partial charge in [-0.25, -0.2) is 0 Å². The van der Waals surface area contributed by atoms with Gasteiger partial charge in [0.1, 0.15) is 11.5 Å². The van der Waals surface area contributed by atoms with Crippen molar-refractivity contribution in [3.05, 3.63) is 65.1 Å². The summed E-state index contributed by atoms with van der Waals surface area (Å²) in [5.74, 6) is 0.942. The summed E-state index contributed by atoms with van der Waals surface area (Å²) in [6, 6.07) is 5.54. The van der Waals surface area contributed by atoms with Crippen molar-refractivity contribution < 1.29 is 9.53 Å². The Morgan fingerprint density at radius 2 is 2.30 bits per heavy atom. The molecule has 1 unspecified atom stereocenters. The van der Waals surface area contributed by atoms with E-state index >= 15 is 0 Å². The zero-order valence-corrected chi connectivity index (χ0v) is 10.7. The third-order valence-corrected chi connectivity index (χ3v) is 4.11. The average Bonchev–Trinajstić information content (AvgIpc) is 2.79. The molecule has 2 aliphatic heterocycles. The molecule has 1 amide bonds. The van der Waals surface area contributed by atoms with E-state index < -0.39 is 5.91 Å². The van der Waals surface area contributed by atoms with Gasteiger partial charge in [-0.15, -0.1) is 0 Å². The van der Waals surface area contributed by atoms with Gasteiger partial charge in [-0.2, -0.15) is 0 Å². The highest BCUT2D eigenvalue weighted by Crippen LogP contribution is 2.55. The first-order valence-corrected chi connectivity index (χ1v) is 6.46. The van der Waals surface area contributed by atoms with Crippen LogP contribution in [-0.2, 0) is 5.41 Å². The van der Waals surface area contributed by atoms with E-state index in [2.05, 4.69) is 4.99 Å². The van der Waals surface area contributed by atoms with Crippen molar-refractivity contribution in [3.8, 4) is 5.75 Å². The van der Waals surface area contributed by atoms with Crippen LogP contribution in [0.15, 0.2) is 59.0 Å². The Kier molecular flexibility index (Phi) is 2.07. The number of ether oxygens (including phenoxy) is 1. The highest BCUT2D eigenvalue weighted by atomic mass is 16.5. The number of benzene rings is 1. The van der Waals surface area contributed by atoms with Gasteiger partial charge in [-0.05, 0) is 17.7 Å². The quantitative estimate of drug-likeness (QED) is 0.845. The molecule has 3 aliphatic rings. The summed E-state index contributed by atoms with van der Waals surface area (Å²) in [6.45, 7) is 0. The van der Waals surface area contributed by atoms with Crippen molar-refractivity contribution in [2.75, 3.05) is 0 Å². The molecule has 0 fully saturated rings. The maximum Gasteiger partial charge on any atom is 0.252 e. The molecule has 4 nitrogen and oxygen atoms in total. The van der Waals surface area contributed by atoms with Gasteiger partial charge >= 0.3 is 0 Å². The molecule has 0 bridgehead atoms. The number of hydrogen-bond donors (Lipinski definition) is 1. The van der Waals surface area contributed by atoms with Crippen LogP contribution >= 0.6 is 0 Å². The Morgan fingerprint density at radius 1 is 1.40 bits per heavy atom. The van der Waals surface area contributed by atoms with Crippen molar-refractivity contribution in [3.63, 3.8) is 0 Å². The molecule has 1 atom stereocenters. The van der Waals surface area contributed by atoms with Gasteiger partial charge in [0, 0.05) is 24.4 Å². The highest BCUT2D eigenvalue weighted by molar-refractivity contribution is 5.97. The Labute approximate surface area is 116 Å². The highest BCUT2D eigenvalue weighted by Gasteiger charge is 2.49. The van der Waals surface area contributed by atoms with E-state index in [-0.39, 0.29) is 5.41 Å². The normalized spacial score (nSPS) is 25.0. The number of carbonyl (C=O) groups excluding carboxylic acids is 1. The number of hydrogen-bond acceptors (Lipinski definition) is 3. The van der Waals surface area contributed by atoms with Gasteiger partial charge in [0.25, 0.3) is 5.91 Å². The minimum atomic E-state index is -0.472. The van der Waals surface area contributed by atoms with Gasteiger partial charge in [0.15, 0.2) is 0 Å². The van der Waals surface area contributed by atoms with Crippen LogP contribution in [0.2, 0.25) is 0 Å². The molecule has 98 valence electrons. The van der Waals surface area contributed by atoms with Gasteiger partial charge in [-0.1, -0.05) is 24.3 Å². The first kappa shape index (κ1) is 11.2. The number of nitrogens with zero attached hydrogens (tertiary/aromatic N) is 1. The Balaban J connectivity index is 2.02. The van der Waals surface area contributed by atoms with Crippen LogP contribution in [0.25, 0.3) is 0 Å². The summed E-state index contributed by atoms with van der Waals surface area (Å²) < 4.78 is 5.97. The van der Waals surface area contributed by atoms with Gasteiger partial charge in [-0.3, -0.25) is 9.79 Å². The SMILES string of the molecule is NC(=O)c1cccc2c1OC1=CC=CC3=CN=CCC312. The summed E-state index contributed by atoms with van der Waals surface area (Å²) in [5.41, 5.74) is 7.59. The van der Waals surface area contributed by atoms with E-state index in [9.17, 15) is 4.79 Å². The summed E-state index contributed by atoms with van der Waals surface area (Å²) in [7, 11) is 0. The third kappa shape index (κ3) is 1.20. The van der Waals surface area contributed by atoms with E-state index in [4.69, 9.17) is 10.5 Å². The number of rotatable bonds is 1. The largest absolute Gasteiger partial charge is 0.459 e. The van der Waals surface area contributed by atoms with Crippen LogP contribution < -0.4 is 10.5 Å². The van der Waals surface area contributed by atoms with E-state index in [1.54, 1.807) is 6.07 Å². The molecular weight excluding hydrogens is 252 g/mol. The number of amides is 1. The number of carbonyl (C=O) groups is 1. The van der Waals surface area contributed by atoms with E-state index in [1.807, 2.05) is 42.8 Å². The molecule has 0 radical (unpaired) electrons. The van der Waals surface area contributed by atoms with Crippen LogP contribution in [0.5, 0.6) is 5.75 Å². The first-order valence-electron chi connectivity index (χ1n) is 6.46. The zero-order valence-electron chi connectivity index (χ0n) is 10.7. The smallest absolute Gasteiger partial charge is 0.252 e. The minimum absolute atomic E-state index is 0.350. The topological polar surface area (TPSA) is 64.7 Å². The minimum Gasteiger partial charge on any atom is -0.459 e. The second-order valence-corrected chi connectivity index (χ2v) is 5.06. The van der Waals surface area contributed by atoms with E-state index in [1.165, 1.54) is 0 Å². The predicted molar refractivity (Wildman–Crippen MR) is 75.7 cm³/mol.